The molecule has 4 rings (SSSR count). The summed E-state index contributed by atoms with van der Waals surface area (Å²) in [5.74, 6) is -0.973. The molecule has 0 saturated heterocycles. The van der Waals surface area contributed by atoms with Crippen molar-refractivity contribution >= 4 is 40.3 Å². The summed E-state index contributed by atoms with van der Waals surface area (Å²) in [6.45, 7) is 1.66. The van der Waals surface area contributed by atoms with E-state index < -0.39 is 5.82 Å². The minimum Gasteiger partial charge on any atom is -0.505 e. The van der Waals surface area contributed by atoms with E-state index in [1.54, 1.807) is 6.07 Å². The van der Waals surface area contributed by atoms with E-state index in [0.29, 0.717) is 5.69 Å². The number of halogens is 2. The van der Waals surface area contributed by atoms with Crippen LogP contribution in [0.5, 0.6) is 5.75 Å². The molecule has 0 spiro atoms. The molecule has 1 aliphatic rings. The Hall–Kier alpha value is -1.89. The SMILES string of the molecule is Oc1cc(NSN2CCc3c([nH]c4ccc(Cl)cc34)C2)ccc1F. The smallest absolute Gasteiger partial charge is 0.164 e. The van der Waals surface area contributed by atoms with Crippen LogP contribution < -0.4 is 4.72 Å². The van der Waals surface area contributed by atoms with Crippen LogP contribution in [0.25, 0.3) is 10.9 Å². The van der Waals surface area contributed by atoms with E-state index in [-0.39, 0.29) is 5.75 Å². The van der Waals surface area contributed by atoms with Crippen LogP contribution in [0.2, 0.25) is 5.02 Å². The first-order valence-corrected chi connectivity index (χ1v) is 8.71. The molecule has 3 aromatic rings. The normalized spacial score (nSPS) is 14.8. The van der Waals surface area contributed by atoms with Crippen molar-refractivity contribution in [2.45, 2.75) is 13.0 Å². The fraction of sp³-hybridized carbons (Fsp3) is 0.176. The summed E-state index contributed by atoms with van der Waals surface area (Å²) in [4.78, 5) is 3.46. The van der Waals surface area contributed by atoms with Crippen LogP contribution in [0.15, 0.2) is 36.4 Å². The van der Waals surface area contributed by atoms with Crippen molar-refractivity contribution in [3.05, 3.63) is 58.5 Å². The molecule has 1 aliphatic heterocycles. The average molecular weight is 364 g/mol. The molecule has 0 radical (unpaired) electrons. The predicted molar refractivity (Wildman–Crippen MR) is 96.7 cm³/mol. The number of hydrogen-bond acceptors (Lipinski definition) is 4. The molecule has 0 amide bonds. The molecule has 0 saturated carbocycles. The van der Waals surface area contributed by atoms with Crippen LogP contribution in [-0.2, 0) is 13.0 Å². The molecule has 124 valence electrons. The van der Waals surface area contributed by atoms with Gasteiger partial charge < -0.3 is 14.8 Å². The lowest BCUT2D eigenvalue weighted by molar-refractivity contribution is 0.432. The number of anilines is 1. The third-order valence-electron chi connectivity index (χ3n) is 4.14. The maximum Gasteiger partial charge on any atom is 0.164 e. The van der Waals surface area contributed by atoms with Crippen molar-refractivity contribution in [1.29, 1.82) is 0 Å². The molecular formula is C17H15ClFN3OS. The second-order valence-corrected chi connectivity index (χ2v) is 7.08. The van der Waals surface area contributed by atoms with Crippen molar-refractivity contribution in [2.75, 3.05) is 11.3 Å². The highest BCUT2D eigenvalue weighted by atomic mass is 35.5. The minimum atomic E-state index is -0.620. The van der Waals surface area contributed by atoms with Gasteiger partial charge in [-0.25, -0.2) is 8.70 Å². The highest BCUT2D eigenvalue weighted by molar-refractivity contribution is 7.98. The van der Waals surface area contributed by atoms with Crippen LogP contribution >= 0.6 is 23.7 Å². The number of phenolic OH excluding ortho intramolecular Hbond substituents is 1. The Bertz CT molecular complexity index is 914. The predicted octanol–water partition coefficient (Wildman–Crippen LogP) is 4.70. The van der Waals surface area contributed by atoms with Crippen molar-refractivity contribution in [3.63, 3.8) is 0 Å². The molecule has 24 heavy (non-hydrogen) atoms. The molecule has 0 atom stereocenters. The third-order valence-corrected chi connectivity index (χ3v) is 5.27. The summed E-state index contributed by atoms with van der Waals surface area (Å²) < 4.78 is 18.4. The fourth-order valence-electron chi connectivity index (χ4n) is 2.96. The first-order chi connectivity index (χ1) is 11.6. The lowest BCUT2D eigenvalue weighted by Gasteiger charge is -2.25. The summed E-state index contributed by atoms with van der Waals surface area (Å²) in [7, 11) is 0. The molecule has 2 heterocycles. The number of nitrogens with one attached hydrogen (secondary N) is 2. The van der Waals surface area contributed by atoms with Crippen LogP contribution in [0.3, 0.4) is 0 Å². The van der Waals surface area contributed by atoms with Crippen molar-refractivity contribution in [1.82, 2.24) is 9.29 Å². The topological polar surface area (TPSA) is 51.3 Å². The van der Waals surface area contributed by atoms with E-state index >= 15 is 0 Å². The van der Waals surface area contributed by atoms with Crippen molar-refractivity contribution in [2.24, 2.45) is 0 Å². The molecule has 0 unspecified atom stereocenters. The van der Waals surface area contributed by atoms with E-state index in [2.05, 4.69) is 14.0 Å². The van der Waals surface area contributed by atoms with Gasteiger partial charge in [0.1, 0.15) is 0 Å². The Morgan fingerprint density at radius 3 is 2.96 bits per heavy atom. The zero-order valence-corrected chi connectivity index (χ0v) is 14.2. The molecule has 0 aliphatic carbocycles. The van der Waals surface area contributed by atoms with Crippen LogP contribution in [0.4, 0.5) is 10.1 Å². The molecule has 2 aromatic carbocycles. The number of aromatic hydroxyl groups is 1. The van der Waals surface area contributed by atoms with Gasteiger partial charge in [0.25, 0.3) is 0 Å². The van der Waals surface area contributed by atoms with E-state index in [1.807, 2.05) is 18.2 Å². The van der Waals surface area contributed by atoms with Crippen LogP contribution in [0.1, 0.15) is 11.3 Å². The monoisotopic (exact) mass is 363 g/mol. The van der Waals surface area contributed by atoms with Gasteiger partial charge in [-0.1, -0.05) is 11.6 Å². The number of phenols is 1. The van der Waals surface area contributed by atoms with Crippen molar-refractivity contribution < 1.29 is 9.50 Å². The zero-order valence-electron chi connectivity index (χ0n) is 12.6. The van der Waals surface area contributed by atoms with Gasteiger partial charge in [-0.15, -0.1) is 0 Å². The Labute approximate surface area is 147 Å². The molecule has 4 nitrogen and oxygen atoms in total. The van der Waals surface area contributed by atoms with Crippen LogP contribution in [-0.4, -0.2) is 20.9 Å². The molecule has 1 aromatic heterocycles. The molecule has 0 bridgehead atoms. The summed E-state index contributed by atoms with van der Waals surface area (Å²) in [6.07, 6.45) is 0.930. The number of rotatable bonds is 3. The van der Waals surface area contributed by atoms with Gasteiger partial charge in [-0.3, -0.25) is 0 Å². The Morgan fingerprint density at radius 2 is 2.12 bits per heavy atom. The van der Waals surface area contributed by atoms with Gasteiger partial charge in [0, 0.05) is 52.1 Å². The summed E-state index contributed by atoms with van der Waals surface area (Å²) in [6, 6.07) is 10.1. The quantitative estimate of drug-likeness (QED) is 0.590. The number of hydrogen-bond donors (Lipinski definition) is 3. The molecule has 7 heteroatoms. The standard InChI is InChI=1S/C17H15ClFN3OS/c18-10-1-4-15-13(7-10)12-5-6-22(9-16(12)20-15)24-21-11-2-3-14(19)17(23)8-11/h1-4,7-8,20-21,23H,5-6,9H2. The lowest BCUT2D eigenvalue weighted by atomic mass is 10.0. The zero-order chi connectivity index (χ0) is 16.7. The fourth-order valence-corrected chi connectivity index (χ4v) is 3.87. The van der Waals surface area contributed by atoms with Gasteiger partial charge >= 0.3 is 0 Å². The summed E-state index contributed by atoms with van der Waals surface area (Å²) >= 11 is 7.55. The Morgan fingerprint density at radius 1 is 1.25 bits per heavy atom. The number of benzene rings is 2. The number of nitrogens with zero attached hydrogens (tertiary/aromatic N) is 1. The number of aromatic amines is 1. The van der Waals surface area contributed by atoms with Crippen LogP contribution in [0, 0.1) is 5.82 Å². The number of fused-ring (bicyclic) bond motifs is 3. The molecule has 3 N–H and O–H groups in total. The van der Waals surface area contributed by atoms with Gasteiger partial charge in [0.2, 0.25) is 0 Å². The lowest BCUT2D eigenvalue weighted by Crippen LogP contribution is -2.25. The number of H-pyrrole nitrogens is 1. The molecule has 0 fully saturated rings. The average Bonchev–Trinajstić information content (AvgIpc) is 2.93. The molecular weight excluding hydrogens is 349 g/mol. The Balaban J connectivity index is 1.48. The summed E-state index contributed by atoms with van der Waals surface area (Å²) in [5.41, 5.74) is 4.28. The number of aromatic nitrogens is 1. The minimum absolute atomic E-state index is 0.353. The van der Waals surface area contributed by atoms with E-state index in [4.69, 9.17) is 11.6 Å². The highest BCUT2D eigenvalue weighted by Gasteiger charge is 2.21. The van der Waals surface area contributed by atoms with E-state index in [1.165, 1.54) is 40.9 Å². The van der Waals surface area contributed by atoms with Gasteiger partial charge in [0.05, 0.1) is 6.54 Å². The third kappa shape index (κ3) is 2.92. The van der Waals surface area contributed by atoms with Gasteiger partial charge in [-0.2, -0.15) is 0 Å². The van der Waals surface area contributed by atoms with E-state index in [9.17, 15) is 9.50 Å². The van der Waals surface area contributed by atoms with Gasteiger partial charge in [0.15, 0.2) is 11.6 Å². The summed E-state index contributed by atoms with van der Waals surface area (Å²) in [5, 5.41) is 11.4. The first kappa shape index (κ1) is 15.6. The highest BCUT2D eigenvalue weighted by Crippen LogP contribution is 2.32. The maximum atomic E-state index is 13.1. The first-order valence-electron chi connectivity index (χ1n) is 7.55. The largest absolute Gasteiger partial charge is 0.505 e. The maximum absolute atomic E-state index is 13.1. The van der Waals surface area contributed by atoms with E-state index in [0.717, 1.165) is 30.0 Å². The van der Waals surface area contributed by atoms with Gasteiger partial charge in [-0.05, 0) is 42.3 Å². The van der Waals surface area contributed by atoms with Crippen molar-refractivity contribution in [3.8, 4) is 5.75 Å². The second-order valence-electron chi connectivity index (χ2n) is 5.75. The second kappa shape index (κ2) is 6.20. The Kier molecular flexibility index (Phi) is 4.04.